The molecule has 0 unspecified atom stereocenters. The van der Waals surface area contributed by atoms with Gasteiger partial charge in [0.1, 0.15) is 11.6 Å². The average molecular weight is 358 g/mol. The molecule has 3 heterocycles. The van der Waals surface area contributed by atoms with Crippen molar-refractivity contribution in [2.24, 2.45) is 0 Å². The zero-order valence-electron chi connectivity index (χ0n) is 13.9. The summed E-state index contributed by atoms with van der Waals surface area (Å²) < 4.78 is 28.7. The number of nitrogens with one attached hydrogen (secondary N) is 1. The number of halogens is 2. The average Bonchev–Trinajstić information content (AvgIpc) is 2.77. The zero-order valence-corrected chi connectivity index (χ0v) is 14.7. The van der Waals surface area contributed by atoms with Gasteiger partial charge in [-0.1, -0.05) is 6.07 Å². The van der Waals surface area contributed by atoms with E-state index in [0.717, 1.165) is 38.2 Å². The van der Waals surface area contributed by atoms with Crippen LogP contribution in [0.15, 0.2) is 35.2 Å². The number of piperidine rings is 1. The molecule has 5 heteroatoms. The summed E-state index contributed by atoms with van der Waals surface area (Å²) in [4.78, 5) is 3.75. The van der Waals surface area contributed by atoms with Gasteiger partial charge in [0.25, 0.3) is 0 Å². The topological polar surface area (TPSA) is 15.3 Å². The molecule has 2 aromatic rings. The lowest BCUT2D eigenvalue weighted by molar-refractivity contribution is 0.403. The van der Waals surface area contributed by atoms with Crippen molar-refractivity contribution in [3.05, 3.63) is 47.5 Å². The van der Waals surface area contributed by atoms with E-state index in [4.69, 9.17) is 0 Å². The maximum atomic E-state index is 14.4. The second-order valence-corrected chi connectivity index (χ2v) is 8.21. The van der Waals surface area contributed by atoms with Crippen LogP contribution in [0, 0.1) is 11.6 Å². The van der Waals surface area contributed by atoms with E-state index in [1.165, 1.54) is 34.3 Å². The summed E-state index contributed by atoms with van der Waals surface area (Å²) in [7, 11) is 0. The van der Waals surface area contributed by atoms with E-state index < -0.39 is 11.6 Å². The number of thioether (sulfide) groups is 1. The fourth-order valence-electron chi connectivity index (χ4n) is 4.64. The zero-order chi connectivity index (χ0) is 17.0. The molecule has 0 aromatic heterocycles. The van der Waals surface area contributed by atoms with E-state index in [-0.39, 0.29) is 5.56 Å². The monoisotopic (exact) mass is 358 g/mol. The highest BCUT2D eigenvalue weighted by atomic mass is 32.2. The molecule has 2 atom stereocenters. The van der Waals surface area contributed by atoms with Gasteiger partial charge >= 0.3 is 0 Å². The van der Waals surface area contributed by atoms with Crippen LogP contribution >= 0.6 is 11.8 Å². The van der Waals surface area contributed by atoms with E-state index in [1.54, 1.807) is 0 Å². The summed E-state index contributed by atoms with van der Waals surface area (Å²) in [6.07, 6.45) is 2.28. The number of anilines is 1. The Bertz CT molecular complexity index is 818. The molecule has 130 valence electrons. The van der Waals surface area contributed by atoms with Gasteiger partial charge in [0, 0.05) is 29.9 Å². The number of hydrogen-bond acceptors (Lipinski definition) is 3. The van der Waals surface area contributed by atoms with Crippen molar-refractivity contribution in [3.8, 4) is 11.1 Å². The highest BCUT2D eigenvalue weighted by Crippen LogP contribution is 2.51. The van der Waals surface area contributed by atoms with Crippen molar-refractivity contribution in [2.45, 2.75) is 29.7 Å². The smallest absolute Gasteiger partial charge is 0.133 e. The minimum Gasteiger partial charge on any atom is -0.367 e. The first-order valence-corrected chi connectivity index (χ1v) is 9.95. The van der Waals surface area contributed by atoms with Crippen molar-refractivity contribution >= 4 is 17.4 Å². The van der Waals surface area contributed by atoms with Crippen LogP contribution in [-0.4, -0.2) is 31.4 Å². The summed E-state index contributed by atoms with van der Waals surface area (Å²) in [5, 5.41) is 3.50. The third kappa shape index (κ3) is 2.40. The summed E-state index contributed by atoms with van der Waals surface area (Å²) >= 11 is 1.83. The Morgan fingerprint density at radius 1 is 1.16 bits per heavy atom. The number of nitrogens with zero attached hydrogens (tertiary/aromatic N) is 1. The Hall–Kier alpha value is -1.59. The summed E-state index contributed by atoms with van der Waals surface area (Å²) in [5.74, 6) is 0.496. The Labute approximate surface area is 150 Å². The van der Waals surface area contributed by atoms with Crippen molar-refractivity contribution < 1.29 is 8.78 Å². The van der Waals surface area contributed by atoms with Gasteiger partial charge < -0.3 is 10.2 Å². The van der Waals surface area contributed by atoms with Crippen LogP contribution in [0.2, 0.25) is 0 Å². The SMILES string of the molecule is Fc1cccc(F)c1-c1cc2c3c(c1)[C@@H]1CNCC[C@@H]1N3CCCS2. The lowest BCUT2D eigenvalue weighted by atomic mass is 9.88. The number of fused-ring (bicyclic) bond motifs is 3. The van der Waals surface area contributed by atoms with Crippen LogP contribution in [0.5, 0.6) is 0 Å². The molecule has 0 aliphatic carbocycles. The van der Waals surface area contributed by atoms with Gasteiger partial charge in [-0.25, -0.2) is 8.78 Å². The molecule has 0 amide bonds. The lowest BCUT2D eigenvalue weighted by Gasteiger charge is -2.33. The van der Waals surface area contributed by atoms with Crippen molar-refractivity contribution in [2.75, 3.05) is 30.3 Å². The molecule has 1 saturated heterocycles. The number of rotatable bonds is 1. The standard InChI is InChI=1S/C20H20F2N2S/c21-15-3-1-4-16(22)19(15)12-9-13-14-11-23-6-5-17(14)24-7-2-8-25-18(10-12)20(13)24/h1,3-4,9-10,14,17,23H,2,5-8,11H2/t14-,17-/m0/s1. The lowest BCUT2D eigenvalue weighted by Crippen LogP contribution is -2.44. The first-order chi connectivity index (χ1) is 12.2. The predicted octanol–water partition coefficient (Wildman–Crippen LogP) is 4.39. The van der Waals surface area contributed by atoms with Crippen LogP contribution in [0.4, 0.5) is 14.5 Å². The quantitative estimate of drug-likeness (QED) is 0.814. The number of benzene rings is 2. The van der Waals surface area contributed by atoms with Gasteiger partial charge in [-0.3, -0.25) is 0 Å². The molecule has 5 rings (SSSR count). The summed E-state index contributed by atoms with van der Waals surface area (Å²) in [6.45, 7) is 3.08. The van der Waals surface area contributed by atoms with Gasteiger partial charge in [-0.2, -0.15) is 0 Å². The summed E-state index contributed by atoms with van der Waals surface area (Å²) in [6, 6.07) is 8.66. The van der Waals surface area contributed by atoms with Crippen molar-refractivity contribution in [1.82, 2.24) is 5.32 Å². The highest BCUT2D eigenvalue weighted by Gasteiger charge is 2.42. The maximum Gasteiger partial charge on any atom is 0.133 e. The van der Waals surface area contributed by atoms with E-state index in [0.29, 0.717) is 17.5 Å². The fourth-order valence-corrected chi connectivity index (χ4v) is 5.72. The van der Waals surface area contributed by atoms with Crippen LogP contribution in [0.3, 0.4) is 0 Å². The second kappa shape index (κ2) is 5.99. The second-order valence-electron chi connectivity index (χ2n) is 7.07. The third-order valence-electron chi connectivity index (χ3n) is 5.69. The number of hydrogen-bond donors (Lipinski definition) is 1. The van der Waals surface area contributed by atoms with Gasteiger partial charge in [-0.05, 0) is 60.5 Å². The van der Waals surface area contributed by atoms with Gasteiger partial charge in [0.05, 0.1) is 11.3 Å². The minimum atomic E-state index is -0.487. The van der Waals surface area contributed by atoms with Crippen molar-refractivity contribution in [1.29, 1.82) is 0 Å². The Morgan fingerprint density at radius 2 is 2.00 bits per heavy atom. The molecule has 25 heavy (non-hydrogen) atoms. The molecular formula is C20H20F2N2S. The first kappa shape index (κ1) is 15.6. The Kier molecular flexibility index (Phi) is 3.75. The largest absolute Gasteiger partial charge is 0.367 e. The minimum absolute atomic E-state index is 0.102. The van der Waals surface area contributed by atoms with Crippen LogP contribution in [0.1, 0.15) is 24.3 Å². The molecule has 0 radical (unpaired) electrons. The Balaban J connectivity index is 1.72. The van der Waals surface area contributed by atoms with Crippen LogP contribution in [-0.2, 0) is 0 Å². The normalized spacial score (nSPS) is 24.6. The third-order valence-corrected chi connectivity index (χ3v) is 6.80. The van der Waals surface area contributed by atoms with Crippen LogP contribution in [0.25, 0.3) is 11.1 Å². The molecule has 3 aliphatic heterocycles. The van der Waals surface area contributed by atoms with Crippen molar-refractivity contribution in [3.63, 3.8) is 0 Å². The molecule has 3 aliphatic rings. The highest BCUT2D eigenvalue weighted by molar-refractivity contribution is 7.99. The Morgan fingerprint density at radius 3 is 2.84 bits per heavy atom. The van der Waals surface area contributed by atoms with Gasteiger partial charge in [0.2, 0.25) is 0 Å². The van der Waals surface area contributed by atoms with E-state index in [1.807, 2.05) is 23.9 Å². The summed E-state index contributed by atoms with van der Waals surface area (Å²) in [5.41, 5.74) is 3.36. The maximum absolute atomic E-state index is 14.4. The molecule has 0 spiro atoms. The van der Waals surface area contributed by atoms with Crippen LogP contribution < -0.4 is 10.2 Å². The molecule has 1 fully saturated rings. The van der Waals surface area contributed by atoms with E-state index >= 15 is 0 Å². The molecule has 1 N–H and O–H groups in total. The molecular weight excluding hydrogens is 338 g/mol. The molecule has 2 aromatic carbocycles. The fraction of sp³-hybridized carbons (Fsp3) is 0.400. The first-order valence-electron chi connectivity index (χ1n) is 8.96. The van der Waals surface area contributed by atoms with Gasteiger partial charge in [-0.15, -0.1) is 11.8 Å². The van der Waals surface area contributed by atoms with Gasteiger partial charge in [0.15, 0.2) is 0 Å². The van der Waals surface area contributed by atoms with E-state index in [2.05, 4.69) is 10.2 Å². The van der Waals surface area contributed by atoms with E-state index in [9.17, 15) is 8.78 Å². The molecule has 0 bridgehead atoms. The predicted molar refractivity (Wildman–Crippen MR) is 98.5 cm³/mol. The molecule has 2 nitrogen and oxygen atoms in total. The molecule has 0 saturated carbocycles.